The number of amides is 1. The summed E-state index contributed by atoms with van der Waals surface area (Å²) in [7, 11) is 2.20. The predicted molar refractivity (Wildman–Crippen MR) is 105 cm³/mol. The molecule has 1 aromatic heterocycles. The van der Waals surface area contributed by atoms with Crippen molar-refractivity contribution in [2.45, 2.75) is 51.7 Å². The molecule has 1 aromatic carbocycles. The molecule has 0 radical (unpaired) electrons. The highest BCUT2D eigenvalue weighted by Gasteiger charge is 2.27. The van der Waals surface area contributed by atoms with Gasteiger partial charge in [0.1, 0.15) is 0 Å². The second-order valence-electron chi connectivity index (χ2n) is 7.14. The van der Waals surface area contributed by atoms with Crippen molar-refractivity contribution in [2.24, 2.45) is 0 Å². The van der Waals surface area contributed by atoms with Crippen LogP contribution in [-0.4, -0.2) is 35.3 Å². The van der Waals surface area contributed by atoms with Crippen LogP contribution in [0.1, 0.15) is 48.2 Å². The van der Waals surface area contributed by atoms with Gasteiger partial charge in [0.15, 0.2) is 0 Å². The minimum absolute atomic E-state index is 0.292. The Morgan fingerprint density at radius 1 is 1.24 bits per heavy atom. The van der Waals surface area contributed by atoms with E-state index in [-0.39, 0.29) is 0 Å². The van der Waals surface area contributed by atoms with Crippen LogP contribution in [0, 0.1) is 6.92 Å². The second-order valence-corrected chi connectivity index (χ2v) is 8.12. The van der Waals surface area contributed by atoms with Gasteiger partial charge in [-0.15, -0.1) is 11.3 Å². The number of hydrogen-bond donors (Lipinski definition) is 0. The van der Waals surface area contributed by atoms with Crippen molar-refractivity contribution in [3.63, 3.8) is 0 Å². The zero-order chi connectivity index (χ0) is 17.8. The summed E-state index contributed by atoms with van der Waals surface area (Å²) in [5, 5.41) is 2.14. The largest absolute Gasteiger partial charge is 0.338 e. The van der Waals surface area contributed by atoms with Crippen molar-refractivity contribution in [1.82, 2.24) is 9.80 Å². The number of carbonyl (C=O) groups excluding carboxylic acids is 1. The molecule has 1 aliphatic rings. The molecule has 134 valence electrons. The van der Waals surface area contributed by atoms with Gasteiger partial charge in [0.25, 0.3) is 0 Å². The summed E-state index contributed by atoms with van der Waals surface area (Å²) in [5.74, 6) is 0.292. The van der Waals surface area contributed by atoms with E-state index in [4.69, 9.17) is 0 Å². The van der Waals surface area contributed by atoms with Crippen molar-refractivity contribution in [3.05, 3.63) is 57.8 Å². The minimum Gasteiger partial charge on any atom is -0.338 e. The molecule has 3 nitrogen and oxygen atoms in total. The Kier molecular flexibility index (Phi) is 5.92. The summed E-state index contributed by atoms with van der Waals surface area (Å²) in [4.78, 5) is 18.4. The summed E-state index contributed by atoms with van der Waals surface area (Å²) in [5.41, 5.74) is 2.48. The third-order valence-corrected chi connectivity index (χ3v) is 6.45. The molecule has 0 aliphatic carbocycles. The van der Waals surface area contributed by atoms with Crippen LogP contribution >= 0.6 is 11.3 Å². The lowest BCUT2D eigenvalue weighted by Crippen LogP contribution is -2.35. The fraction of sp³-hybridized carbons (Fsp3) is 0.476. The molecule has 1 aliphatic heterocycles. The maximum Gasteiger partial charge on any atom is 0.222 e. The Balaban J connectivity index is 1.62. The van der Waals surface area contributed by atoms with Gasteiger partial charge in [-0.05, 0) is 50.7 Å². The number of benzene rings is 1. The molecule has 3 rings (SSSR count). The third kappa shape index (κ3) is 4.50. The predicted octanol–water partition coefficient (Wildman–Crippen LogP) is 4.63. The fourth-order valence-electron chi connectivity index (χ4n) is 3.56. The SMILES string of the molecule is Cc1ccc(CN2CCC(N(C)C(C)c3cccs3)CCC2=O)cc1. The van der Waals surface area contributed by atoms with Crippen LogP contribution in [0.15, 0.2) is 41.8 Å². The van der Waals surface area contributed by atoms with Gasteiger partial charge in [0.2, 0.25) is 5.91 Å². The Morgan fingerprint density at radius 3 is 2.68 bits per heavy atom. The number of rotatable bonds is 5. The molecule has 25 heavy (non-hydrogen) atoms. The standard InChI is InChI=1S/C21H28N2OS/c1-16-6-8-18(9-7-16)15-23-13-12-19(10-11-21(23)24)22(3)17(2)20-5-4-14-25-20/h4-9,14,17,19H,10-13,15H2,1-3H3. The van der Waals surface area contributed by atoms with Crippen LogP contribution in [0.4, 0.5) is 0 Å². The van der Waals surface area contributed by atoms with E-state index >= 15 is 0 Å². The second kappa shape index (κ2) is 8.15. The van der Waals surface area contributed by atoms with Crippen LogP contribution < -0.4 is 0 Å². The van der Waals surface area contributed by atoms with E-state index in [9.17, 15) is 4.79 Å². The number of likely N-dealkylation sites (tertiary alicyclic amines) is 1. The van der Waals surface area contributed by atoms with Gasteiger partial charge in [-0.25, -0.2) is 0 Å². The average Bonchev–Trinajstić information content (AvgIpc) is 3.09. The van der Waals surface area contributed by atoms with Crippen LogP contribution in [0.25, 0.3) is 0 Å². The topological polar surface area (TPSA) is 23.6 Å². The van der Waals surface area contributed by atoms with Crippen molar-refractivity contribution in [2.75, 3.05) is 13.6 Å². The lowest BCUT2D eigenvalue weighted by atomic mass is 10.1. The van der Waals surface area contributed by atoms with E-state index in [1.807, 2.05) is 16.2 Å². The first kappa shape index (κ1) is 18.2. The zero-order valence-corrected chi connectivity index (χ0v) is 16.3. The number of hydrogen-bond acceptors (Lipinski definition) is 3. The normalized spacial score (nSPS) is 19.9. The van der Waals surface area contributed by atoms with Crippen LogP contribution in [-0.2, 0) is 11.3 Å². The van der Waals surface area contributed by atoms with Crippen molar-refractivity contribution in [1.29, 1.82) is 0 Å². The number of aryl methyl sites for hydroxylation is 1. The van der Waals surface area contributed by atoms with Crippen LogP contribution in [0.2, 0.25) is 0 Å². The van der Waals surface area contributed by atoms with Crippen LogP contribution in [0.5, 0.6) is 0 Å². The van der Waals surface area contributed by atoms with E-state index in [1.54, 1.807) is 0 Å². The van der Waals surface area contributed by atoms with E-state index in [1.165, 1.54) is 16.0 Å². The molecular weight excluding hydrogens is 328 g/mol. The first-order chi connectivity index (χ1) is 12.0. The van der Waals surface area contributed by atoms with E-state index < -0.39 is 0 Å². The molecule has 0 bridgehead atoms. The summed E-state index contributed by atoms with van der Waals surface area (Å²) in [6.07, 6.45) is 2.65. The molecule has 0 N–H and O–H groups in total. The lowest BCUT2D eigenvalue weighted by Gasteiger charge is -2.32. The molecular formula is C21H28N2OS. The molecule has 0 spiro atoms. The van der Waals surface area contributed by atoms with Gasteiger partial charge in [0.05, 0.1) is 0 Å². The lowest BCUT2D eigenvalue weighted by molar-refractivity contribution is -0.131. The summed E-state index contributed by atoms with van der Waals surface area (Å²) < 4.78 is 0. The van der Waals surface area contributed by atoms with Gasteiger partial charge < -0.3 is 4.90 Å². The van der Waals surface area contributed by atoms with Gasteiger partial charge in [-0.2, -0.15) is 0 Å². The molecule has 2 unspecified atom stereocenters. The van der Waals surface area contributed by atoms with Gasteiger partial charge in [0, 0.05) is 36.5 Å². The molecule has 2 aromatic rings. The Labute approximate surface area is 155 Å². The molecule has 1 amide bonds. The van der Waals surface area contributed by atoms with Crippen molar-refractivity contribution in [3.8, 4) is 0 Å². The Morgan fingerprint density at radius 2 is 2.00 bits per heavy atom. The van der Waals surface area contributed by atoms with Crippen molar-refractivity contribution >= 4 is 17.2 Å². The van der Waals surface area contributed by atoms with Gasteiger partial charge in [-0.3, -0.25) is 9.69 Å². The van der Waals surface area contributed by atoms with Crippen LogP contribution in [0.3, 0.4) is 0 Å². The minimum atomic E-state index is 0.292. The van der Waals surface area contributed by atoms with Gasteiger partial charge >= 0.3 is 0 Å². The monoisotopic (exact) mass is 356 g/mol. The third-order valence-electron chi connectivity index (χ3n) is 5.41. The molecule has 0 saturated carbocycles. The highest BCUT2D eigenvalue weighted by Crippen LogP contribution is 2.28. The highest BCUT2D eigenvalue weighted by atomic mass is 32.1. The van der Waals surface area contributed by atoms with E-state index in [0.29, 0.717) is 24.4 Å². The quantitative estimate of drug-likeness (QED) is 0.780. The highest BCUT2D eigenvalue weighted by molar-refractivity contribution is 7.10. The molecule has 2 heterocycles. The summed E-state index contributed by atoms with van der Waals surface area (Å²) in [6.45, 7) is 5.94. The number of carbonyl (C=O) groups is 1. The molecule has 1 fully saturated rings. The molecule has 4 heteroatoms. The zero-order valence-electron chi connectivity index (χ0n) is 15.4. The number of nitrogens with zero attached hydrogens (tertiary/aromatic N) is 2. The maximum atomic E-state index is 12.6. The Hall–Kier alpha value is -1.65. The summed E-state index contributed by atoms with van der Waals surface area (Å²) in [6, 6.07) is 13.7. The maximum absolute atomic E-state index is 12.6. The Bertz CT molecular complexity index is 680. The van der Waals surface area contributed by atoms with E-state index in [2.05, 4.69) is 67.6 Å². The molecule has 2 atom stereocenters. The summed E-state index contributed by atoms with van der Waals surface area (Å²) >= 11 is 1.81. The average molecular weight is 357 g/mol. The molecule has 1 saturated heterocycles. The van der Waals surface area contributed by atoms with E-state index in [0.717, 1.165) is 25.9 Å². The fourth-order valence-corrected chi connectivity index (χ4v) is 4.39. The number of thiophene rings is 1. The first-order valence-corrected chi connectivity index (χ1v) is 10.0. The smallest absolute Gasteiger partial charge is 0.222 e. The van der Waals surface area contributed by atoms with Gasteiger partial charge in [-0.1, -0.05) is 35.9 Å². The first-order valence-electron chi connectivity index (χ1n) is 9.13. The van der Waals surface area contributed by atoms with Crippen molar-refractivity contribution < 1.29 is 4.79 Å².